The van der Waals surface area contributed by atoms with Gasteiger partial charge in [-0.05, 0) is 57.8 Å². The van der Waals surface area contributed by atoms with Crippen LogP contribution in [-0.4, -0.2) is 133 Å². The Hall–Kier alpha value is -5.44. The Morgan fingerprint density at radius 3 is 0.909 bits per heavy atom. The molecule has 376 valence electrons. The highest BCUT2D eigenvalue weighted by Gasteiger charge is 2.27. The lowest BCUT2D eigenvalue weighted by atomic mass is 10.0. The van der Waals surface area contributed by atoms with Gasteiger partial charge in [-0.15, -0.1) is 0 Å². The molecule has 0 aliphatic heterocycles. The van der Waals surface area contributed by atoms with Crippen LogP contribution in [0, 0.1) is 0 Å². The normalized spacial score (nSPS) is 13.2. The van der Waals surface area contributed by atoms with Gasteiger partial charge in [0.05, 0.1) is 0 Å². The summed E-state index contributed by atoms with van der Waals surface area (Å²) in [6, 6.07) is -6.94. The highest BCUT2D eigenvalue weighted by Crippen LogP contribution is 2.14. The Bertz CT molecular complexity index is 1580. The third-order valence-electron chi connectivity index (χ3n) is 10.5. The van der Waals surface area contributed by atoms with Crippen molar-refractivity contribution < 1.29 is 83.4 Å². The Morgan fingerprint density at radius 2 is 0.606 bits per heavy atom. The lowest BCUT2D eigenvalue weighted by Gasteiger charge is -2.18. The van der Waals surface area contributed by atoms with E-state index < -0.39 is 128 Å². The van der Waals surface area contributed by atoms with Crippen molar-refractivity contribution in [1.82, 2.24) is 31.7 Å². The summed E-state index contributed by atoms with van der Waals surface area (Å²) in [6.07, 6.45) is 9.42. The lowest BCUT2D eigenvalue weighted by molar-refractivity contribution is -0.144. The smallest absolute Gasteiger partial charge is 0.326 e. The maximum Gasteiger partial charge on any atom is 0.326 e. The van der Waals surface area contributed by atoms with Crippen molar-refractivity contribution >= 4 is 74.7 Å². The number of amides is 5. The Kier molecular flexibility index (Phi) is 33.7. The summed E-state index contributed by atoms with van der Waals surface area (Å²) in [4.78, 5) is 131. The molecule has 23 nitrogen and oxygen atoms in total. The molecule has 0 aromatic carbocycles. The van der Waals surface area contributed by atoms with Crippen LogP contribution in [-0.2, 0) is 52.7 Å². The molecule has 2 unspecified atom stereocenters. The molecule has 0 aliphatic carbocycles. The number of hydrogen-bond donors (Lipinski definition) is 12. The van der Waals surface area contributed by atoms with E-state index in [1.54, 1.807) is 0 Å². The van der Waals surface area contributed by atoms with Crippen LogP contribution in [0.5, 0.6) is 0 Å². The van der Waals surface area contributed by atoms with Crippen molar-refractivity contribution in [3.8, 4) is 0 Å². The number of unbranched alkanes of at least 4 members (excludes halogenated alkanes) is 12. The van der Waals surface area contributed by atoms with Gasteiger partial charge in [-0.1, -0.05) is 73.6 Å². The highest BCUT2D eigenvalue weighted by molar-refractivity contribution is 7.13. The molecule has 6 atom stereocenters. The summed E-state index contributed by atoms with van der Waals surface area (Å²) in [5.41, 5.74) is 0. The SMILES string of the molecule is O=C(O)CCCCCCCCCCCCCCC(=O)N[C@H](CCC(=O)NC(CCC(=O)N[C@H](CCC(=O)N[C@@H](CCC(=O)NCCCC[C@H](NP)C(=O)O)C(=O)O)C(=O)O)C(=O)O)C(=O)O. The van der Waals surface area contributed by atoms with E-state index in [9.17, 15) is 73.2 Å². The van der Waals surface area contributed by atoms with E-state index in [4.69, 9.17) is 10.2 Å². The summed E-state index contributed by atoms with van der Waals surface area (Å²) in [5, 5.41) is 70.0. The predicted octanol–water partition coefficient (Wildman–Crippen LogP) is 2.05. The summed E-state index contributed by atoms with van der Waals surface area (Å²) >= 11 is 0. The van der Waals surface area contributed by atoms with Gasteiger partial charge in [-0.2, -0.15) is 0 Å². The molecule has 0 aromatic rings. The molecular weight excluding hydrogens is 891 g/mol. The summed E-state index contributed by atoms with van der Waals surface area (Å²) in [7, 11) is 2.12. The molecular formula is C42H71N6O17P. The molecule has 0 bridgehead atoms. The Morgan fingerprint density at radius 1 is 0.318 bits per heavy atom. The summed E-state index contributed by atoms with van der Waals surface area (Å²) in [6.45, 7) is 0.213. The van der Waals surface area contributed by atoms with Crippen LogP contribution in [0.25, 0.3) is 0 Å². The minimum Gasteiger partial charge on any atom is -0.481 e. The first-order valence-corrected chi connectivity index (χ1v) is 23.1. The molecule has 0 aromatic heterocycles. The van der Waals surface area contributed by atoms with E-state index >= 15 is 0 Å². The first-order chi connectivity index (χ1) is 31.3. The van der Waals surface area contributed by atoms with Gasteiger partial charge in [0.1, 0.15) is 30.2 Å². The fourth-order valence-electron chi connectivity index (χ4n) is 6.59. The third-order valence-corrected chi connectivity index (χ3v) is 10.9. The van der Waals surface area contributed by atoms with Crippen LogP contribution in [0.4, 0.5) is 0 Å². The van der Waals surface area contributed by atoms with E-state index in [2.05, 4.69) is 41.1 Å². The average Bonchev–Trinajstić information content (AvgIpc) is 3.24. The highest BCUT2D eigenvalue weighted by atomic mass is 31.0. The minimum absolute atomic E-state index is 0.0874. The zero-order chi connectivity index (χ0) is 49.9. The van der Waals surface area contributed by atoms with Crippen LogP contribution in [0.3, 0.4) is 0 Å². The lowest BCUT2D eigenvalue weighted by Crippen LogP contribution is -2.45. The maximum atomic E-state index is 12.6. The van der Waals surface area contributed by atoms with Crippen molar-refractivity contribution in [2.24, 2.45) is 0 Å². The second-order valence-electron chi connectivity index (χ2n) is 16.0. The third kappa shape index (κ3) is 32.3. The van der Waals surface area contributed by atoms with Crippen molar-refractivity contribution in [3.63, 3.8) is 0 Å². The summed E-state index contributed by atoms with van der Waals surface area (Å²) in [5.74, 6) is -11.4. The quantitative estimate of drug-likeness (QED) is 0.0308. The molecule has 0 spiro atoms. The number of carbonyl (C=O) groups excluding carboxylic acids is 5. The first-order valence-electron chi connectivity index (χ1n) is 22.5. The fraction of sp³-hybridized carbons (Fsp3) is 0.738. The number of aliphatic carboxylic acids is 6. The van der Waals surface area contributed by atoms with Gasteiger partial charge in [-0.3, -0.25) is 38.6 Å². The fourth-order valence-corrected chi connectivity index (χ4v) is 6.90. The molecule has 12 N–H and O–H groups in total. The van der Waals surface area contributed by atoms with Gasteiger partial charge >= 0.3 is 35.8 Å². The molecule has 0 rings (SSSR count). The van der Waals surface area contributed by atoms with Crippen LogP contribution in [0.15, 0.2) is 0 Å². The number of carbonyl (C=O) groups is 11. The molecule has 24 heteroatoms. The van der Waals surface area contributed by atoms with E-state index in [1.165, 1.54) is 0 Å². The van der Waals surface area contributed by atoms with Crippen LogP contribution < -0.4 is 31.7 Å². The zero-order valence-corrected chi connectivity index (χ0v) is 38.7. The molecule has 5 amide bonds. The van der Waals surface area contributed by atoms with E-state index in [1.807, 2.05) is 0 Å². The molecule has 66 heavy (non-hydrogen) atoms. The van der Waals surface area contributed by atoms with Gasteiger partial charge < -0.3 is 57.2 Å². The minimum atomic E-state index is -1.64. The van der Waals surface area contributed by atoms with Crippen molar-refractivity contribution in [2.75, 3.05) is 6.54 Å². The number of carboxylic acids is 6. The molecule has 0 aliphatic rings. The van der Waals surface area contributed by atoms with Gasteiger partial charge in [-0.25, -0.2) is 19.2 Å². The van der Waals surface area contributed by atoms with Gasteiger partial charge in [0.2, 0.25) is 29.5 Å². The zero-order valence-electron chi connectivity index (χ0n) is 37.5. The molecule has 0 radical (unpaired) electrons. The number of rotatable bonds is 42. The average molecular weight is 963 g/mol. The van der Waals surface area contributed by atoms with Crippen LogP contribution >= 0.6 is 9.39 Å². The topological polar surface area (TPSA) is 381 Å². The van der Waals surface area contributed by atoms with E-state index in [0.29, 0.717) is 32.1 Å². The second-order valence-corrected chi connectivity index (χ2v) is 16.4. The molecule has 0 heterocycles. The Balaban J connectivity index is 4.63. The van der Waals surface area contributed by atoms with Gasteiger partial charge in [0.15, 0.2) is 0 Å². The number of nitrogens with one attached hydrogen (secondary N) is 6. The Labute approximate surface area is 386 Å². The van der Waals surface area contributed by atoms with Crippen molar-refractivity contribution in [2.45, 2.75) is 191 Å². The van der Waals surface area contributed by atoms with Gasteiger partial charge in [0.25, 0.3) is 0 Å². The predicted molar refractivity (Wildman–Crippen MR) is 239 cm³/mol. The maximum absolute atomic E-state index is 12.6. The standard InChI is InChI=1S/C42H71N6O17P/c49-32(43-26-14-13-15-31(48-66)42(64)65)22-18-27(38(56)57)45-34(51)24-20-29(40(60)61)47-36(53)25-21-30(41(62)63)46-35(52)23-19-28(39(58)59)44-33(50)16-11-9-7-5-3-1-2-4-6-8-10-12-17-37(54)55/h27-31,48H,1-26,66H2,(H,43,49)(H,44,50)(H,45,51)(H,46,52)(H,47,53)(H,54,55)(H,56,57)(H,58,59)(H,60,61)(H,62,63)(H,64,65)/t27-,28+,29+,30?,31-/m0/s1. The molecule has 0 saturated heterocycles. The second kappa shape index (κ2) is 36.7. The molecule has 0 saturated carbocycles. The van der Waals surface area contributed by atoms with E-state index in [-0.39, 0.29) is 38.6 Å². The summed E-state index contributed by atoms with van der Waals surface area (Å²) < 4.78 is 0. The van der Waals surface area contributed by atoms with Crippen molar-refractivity contribution in [3.05, 3.63) is 0 Å². The van der Waals surface area contributed by atoms with E-state index in [0.717, 1.165) is 64.2 Å². The number of hydrogen-bond acceptors (Lipinski definition) is 12. The van der Waals surface area contributed by atoms with Crippen molar-refractivity contribution in [1.29, 1.82) is 0 Å². The number of carboxylic acid groups (broad SMARTS) is 6. The largest absolute Gasteiger partial charge is 0.481 e. The van der Waals surface area contributed by atoms with Gasteiger partial charge in [0, 0.05) is 45.1 Å². The van der Waals surface area contributed by atoms with Crippen LogP contribution in [0.2, 0.25) is 0 Å². The molecule has 0 fully saturated rings. The first kappa shape index (κ1) is 60.6. The monoisotopic (exact) mass is 962 g/mol. The van der Waals surface area contributed by atoms with Crippen LogP contribution in [0.1, 0.15) is 161 Å².